The summed E-state index contributed by atoms with van der Waals surface area (Å²) in [6, 6.07) is 0. The van der Waals surface area contributed by atoms with E-state index in [2.05, 4.69) is 26.1 Å². The number of nitrogens with one attached hydrogen (secondary N) is 1. The van der Waals surface area contributed by atoms with Crippen molar-refractivity contribution in [2.24, 2.45) is 5.73 Å². The van der Waals surface area contributed by atoms with Crippen molar-refractivity contribution in [1.82, 2.24) is 5.32 Å². The number of rotatable bonds is 35. The van der Waals surface area contributed by atoms with Crippen LogP contribution in [0.3, 0.4) is 0 Å². The van der Waals surface area contributed by atoms with Crippen molar-refractivity contribution in [3.63, 3.8) is 0 Å². The molecule has 0 rings (SSSR count). The molecular formula is C42H90N2O9. The quantitative estimate of drug-likeness (QED) is 0.0285. The van der Waals surface area contributed by atoms with Gasteiger partial charge in [-0.05, 0) is 19.3 Å². The summed E-state index contributed by atoms with van der Waals surface area (Å²) in [6.07, 6.45) is 34.4. The van der Waals surface area contributed by atoms with Crippen LogP contribution in [-0.2, 0) is 14.4 Å². The lowest BCUT2D eigenvalue weighted by Crippen LogP contribution is -2.21. The molecule has 0 aromatic heterocycles. The molecule has 0 radical (unpaired) electrons. The first-order valence-corrected chi connectivity index (χ1v) is 21.5. The third-order valence-electron chi connectivity index (χ3n) is 8.19. The largest absolute Gasteiger partial charge is 0.481 e. The molecule has 11 heteroatoms. The average Bonchev–Trinajstić information content (AvgIpc) is 3.13. The van der Waals surface area contributed by atoms with Gasteiger partial charge in [-0.3, -0.25) is 14.4 Å². The van der Waals surface area contributed by atoms with E-state index in [-0.39, 0.29) is 19.8 Å². The van der Waals surface area contributed by atoms with Crippen LogP contribution < -0.4 is 11.1 Å². The van der Waals surface area contributed by atoms with E-state index in [9.17, 15) is 14.4 Å². The second kappa shape index (κ2) is 62.2. The number of nitrogens with two attached hydrogens (primary N) is 1. The van der Waals surface area contributed by atoms with Gasteiger partial charge in [0, 0.05) is 38.9 Å². The Hall–Kier alpha value is -1.79. The van der Waals surface area contributed by atoms with Crippen LogP contribution in [0.15, 0.2) is 0 Å². The van der Waals surface area contributed by atoms with Crippen molar-refractivity contribution in [3.8, 4) is 0 Å². The Labute approximate surface area is 326 Å². The Morgan fingerprint density at radius 3 is 0.717 bits per heavy atom. The van der Waals surface area contributed by atoms with Crippen molar-refractivity contribution in [2.75, 3.05) is 39.5 Å². The van der Waals surface area contributed by atoms with Crippen LogP contribution in [0.4, 0.5) is 0 Å². The van der Waals surface area contributed by atoms with Crippen LogP contribution in [0.5, 0.6) is 0 Å². The van der Waals surface area contributed by atoms with E-state index in [1.807, 2.05) is 0 Å². The van der Waals surface area contributed by atoms with Gasteiger partial charge in [0.1, 0.15) is 0 Å². The van der Waals surface area contributed by atoms with Crippen molar-refractivity contribution >= 4 is 17.9 Å². The predicted octanol–water partition coefficient (Wildman–Crippen LogP) is 9.47. The zero-order valence-corrected chi connectivity index (χ0v) is 34.9. The molecule has 0 saturated carbocycles. The van der Waals surface area contributed by atoms with Crippen LogP contribution in [0.2, 0.25) is 0 Å². The summed E-state index contributed by atoms with van der Waals surface area (Å²) < 4.78 is 0. The number of hydrogen-bond donors (Lipinski definition) is 8. The summed E-state index contributed by atoms with van der Waals surface area (Å²) in [5.41, 5.74) is 4.78. The molecule has 0 aliphatic heterocycles. The molecule has 0 unspecified atom stereocenters. The molecule has 0 amide bonds. The first-order valence-electron chi connectivity index (χ1n) is 21.5. The third kappa shape index (κ3) is 89.0. The highest BCUT2D eigenvalue weighted by molar-refractivity contribution is 5.67. The van der Waals surface area contributed by atoms with E-state index >= 15 is 0 Å². The number of unbranched alkanes of at least 4 members (excludes halogenated alkanes) is 24. The molecule has 0 aliphatic carbocycles. The van der Waals surface area contributed by atoms with Gasteiger partial charge in [-0.25, -0.2) is 0 Å². The number of hydrogen-bond acceptors (Lipinski definition) is 8. The Kier molecular flexibility index (Phi) is 71.0. The topological polar surface area (TPSA) is 211 Å². The highest BCUT2D eigenvalue weighted by atomic mass is 16.4. The summed E-state index contributed by atoms with van der Waals surface area (Å²) >= 11 is 0. The summed E-state index contributed by atoms with van der Waals surface area (Å²) in [4.78, 5) is 30.6. The summed E-state index contributed by atoms with van der Waals surface area (Å²) in [6.45, 7) is 8.57. The Morgan fingerprint density at radius 1 is 0.377 bits per heavy atom. The van der Waals surface area contributed by atoms with Crippen LogP contribution >= 0.6 is 0 Å². The number of carbonyl (C=O) groups is 3. The Bertz CT molecular complexity index is 588. The third-order valence-corrected chi connectivity index (χ3v) is 8.19. The molecule has 53 heavy (non-hydrogen) atoms. The minimum absolute atomic E-state index is 0.0972. The number of aliphatic hydroxyl groups is 3. The van der Waals surface area contributed by atoms with Crippen molar-refractivity contribution in [2.45, 2.75) is 213 Å². The summed E-state index contributed by atoms with van der Waals surface area (Å²) in [7, 11) is 0. The van der Waals surface area contributed by atoms with E-state index in [1.165, 1.54) is 135 Å². The predicted molar refractivity (Wildman–Crippen MR) is 222 cm³/mol. The first-order chi connectivity index (χ1) is 25.6. The lowest BCUT2D eigenvalue weighted by molar-refractivity contribution is -0.138. The van der Waals surface area contributed by atoms with Crippen LogP contribution in [0.25, 0.3) is 0 Å². The van der Waals surface area contributed by atoms with E-state index in [4.69, 9.17) is 36.4 Å². The maximum Gasteiger partial charge on any atom is 0.303 e. The fourth-order valence-electron chi connectivity index (χ4n) is 5.04. The highest BCUT2D eigenvalue weighted by Gasteiger charge is 1.98. The standard InChI is InChI=1S/3C12H24O2.C4H11NO2.C2H7NO/c3*1-2-3-4-5-6-7-8-9-10-11-12(13)14;6-3-1-5-2-4-7;3-1-2-4/h3*2-11H2,1H3,(H,13,14);5-7H,1-4H2;4H,1-3H2. The van der Waals surface area contributed by atoms with Gasteiger partial charge in [0.05, 0.1) is 19.8 Å². The normalized spacial score (nSPS) is 10.0. The van der Waals surface area contributed by atoms with Crippen molar-refractivity contribution in [3.05, 3.63) is 0 Å². The molecule has 0 aromatic rings. The molecule has 0 fully saturated rings. The molecule has 0 bridgehead atoms. The van der Waals surface area contributed by atoms with Gasteiger partial charge in [0.15, 0.2) is 0 Å². The Morgan fingerprint density at radius 2 is 0.566 bits per heavy atom. The molecule has 0 aromatic carbocycles. The monoisotopic (exact) mass is 767 g/mol. The molecule has 0 aliphatic rings. The zero-order chi connectivity index (χ0) is 40.9. The number of aliphatic carboxylic acids is 3. The number of aliphatic hydroxyl groups excluding tert-OH is 3. The van der Waals surface area contributed by atoms with Crippen LogP contribution in [0.1, 0.15) is 213 Å². The smallest absolute Gasteiger partial charge is 0.303 e. The van der Waals surface area contributed by atoms with Crippen LogP contribution in [0, 0.1) is 0 Å². The first kappa shape index (κ1) is 60.5. The number of carboxylic acids is 3. The maximum absolute atomic E-state index is 10.2. The number of carboxylic acid groups (broad SMARTS) is 3. The van der Waals surface area contributed by atoms with Crippen molar-refractivity contribution < 1.29 is 45.0 Å². The second-order valence-corrected chi connectivity index (χ2v) is 13.6. The fourth-order valence-corrected chi connectivity index (χ4v) is 5.04. The molecule has 0 atom stereocenters. The van der Waals surface area contributed by atoms with E-state index in [0.717, 1.165) is 38.5 Å². The molecule has 11 nitrogen and oxygen atoms in total. The minimum atomic E-state index is -0.659. The SMILES string of the molecule is CCCCCCCCCCCC(=O)O.CCCCCCCCCCCC(=O)O.CCCCCCCCCCCC(=O)O.NCCO.OCCNCCO. The molecule has 0 spiro atoms. The molecule has 0 saturated heterocycles. The second-order valence-electron chi connectivity index (χ2n) is 13.6. The van der Waals surface area contributed by atoms with Gasteiger partial charge in [-0.2, -0.15) is 0 Å². The molecule has 9 N–H and O–H groups in total. The Balaban J connectivity index is -0.000000191. The van der Waals surface area contributed by atoms with Gasteiger partial charge in [-0.15, -0.1) is 0 Å². The summed E-state index contributed by atoms with van der Waals surface area (Å²) in [5.74, 6) is -1.98. The van der Waals surface area contributed by atoms with Gasteiger partial charge >= 0.3 is 17.9 Å². The lowest BCUT2D eigenvalue weighted by atomic mass is 10.1. The molecule has 322 valence electrons. The zero-order valence-electron chi connectivity index (χ0n) is 34.9. The average molecular weight is 767 g/mol. The van der Waals surface area contributed by atoms with E-state index in [1.54, 1.807) is 0 Å². The minimum Gasteiger partial charge on any atom is -0.481 e. The van der Waals surface area contributed by atoms with Gasteiger partial charge in [0.25, 0.3) is 0 Å². The van der Waals surface area contributed by atoms with Crippen molar-refractivity contribution in [1.29, 1.82) is 0 Å². The van der Waals surface area contributed by atoms with E-state index < -0.39 is 17.9 Å². The van der Waals surface area contributed by atoms with Crippen LogP contribution in [-0.4, -0.2) is 88.0 Å². The fraction of sp³-hybridized carbons (Fsp3) is 0.929. The van der Waals surface area contributed by atoms with E-state index in [0.29, 0.717) is 38.9 Å². The van der Waals surface area contributed by atoms with Gasteiger partial charge in [0.2, 0.25) is 0 Å². The molecule has 0 heterocycles. The molecular weight excluding hydrogens is 676 g/mol. The highest BCUT2D eigenvalue weighted by Crippen LogP contribution is 2.12. The summed E-state index contributed by atoms with van der Waals surface area (Å²) in [5, 5.41) is 52.1. The lowest BCUT2D eigenvalue weighted by Gasteiger charge is -2.00. The maximum atomic E-state index is 10.2. The van der Waals surface area contributed by atoms with Gasteiger partial charge < -0.3 is 41.7 Å². The van der Waals surface area contributed by atoms with Gasteiger partial charge in [-0.1, -0.05) is 175 Å².